The molecule has 1 amide bonds. The fourth-order valence-corrected chi connectivity index (χ4v) is 1.25. The van der Waals surface area contributed by atoms with E-state index >= 15 is 0 Å². The molecule has 0 atom stereocenters. The maximum Gasteiger partial charge on any atom is 0.248 e. The number of benzene rings is 1. The molecule has 0 aromatic heterocycles. The van der Waals surface area contributed by atoms with Gasteiger partial charge < -0.3 is 5.73 Å². The highest BCUT2D eigenvalue weighted by Gasteiger charge is 2.23. The maximum absolute atomic E-state index is 11.9. The molecule has 1 aromatic carbocycles. The molecule has 1 rings (SSSR count). The number of nitrogens with two attached hydrogens (primary N) is 1. The number of carbonyl (C=O) groups is 2. The number of Topliss-reactive ketones (excluding diaryl/α,β-unsaturated/α-hetero) is 1. The number of ketones is 1. The standard InChI is InChI=1S/C12H15NO2/c1-12(2,3)10(14)8-5-4-6-9(7-8)11(13)15/h4-7H,1-3H3,(H2,13,15). The van der Waals surface area contributed by atoms with Gasteiger partial charge in [0, 0.05) is 16.5 Å². The summed E-state index contributed by atoms with van der Waals surface area (Å²) in [6.07, 6.45) is 0. The average Bonchev–Trinajstić information content (AvgIpc) is 2.15. The monoisotopic (exact) mass is 205 g/mol. The SMILES string of the molecule is CC(C)(C)C(=O)c1cccc(C(N)=O)c1. The van der Waals surface area contributed by atoms with Crippen LogP contribution in [0.15, 0.2) is 24.3 Å². The molecule has 3 nitrogen and oxygen atoms in total. The lowest BCUT2D eigenvalue weighted by atomic mass is 9.86. The summed E-state index contributed by atoms with van der Waals surface area (Å²) >= 11 is 0. The Morgan fingerprint density at radius 2 is 1.67 bits per heavy atom. The summed E-state index contributed by atoms with van der Waals surface area (Å²) in [7, 11) is 0. The minimum atomic E-state index is -0.515. The molecule has 80 valence electrons. The van der Waals surface area contributed by atoms with Crippen molar-refractivity contribution in [1.82, 2.24) is 0 Å². The van der Waals surface area contributed by atoms with E-state index in [1.807, 2.05) is 20.8 Å². The van der Waals surface area contributed by atoms with Crippen molar-refractivity contribution in [3.8, 4) is 0 Å². The summed E-state index contributed by atoms with van der Waals surface area (Å²) in [5.41, 5.74) is 5.59. The molecule has 0 saturated carbocycles. The minimum Gasteiger partial charge on any atom is -0.366 e. The maximum atomic E-state index is 11.9. The van der Waals surface area contributed by atoms with Gasteiger partial charge in [0.1, 0.15) is 0 Å². The molecule has 0 radical (unpaired) electrons. The molecule has 0 aliphatic heterocycles. The van der Waals surface area contributed by atoms with Crippen molar-refractivity contribution < 1.29 is 9.59 Å². The second kappa shape index (κ2) is 3.85. The van der Waals surface area contributed by atoms with Gasteiger partial charge in [0.15, 0.2) is 5.78 Å². The van der Waals surface area contributed by atoms with E-state index in [1.165, 1.54) is 6.07 Å². The summed E-state index contributed by atoms with van der Waals surface area (Å²) < 4.78 is 0. The van der Waals surface area contributed by atoms with Crippen LogP contribution >= 0.6 is 0 Å². The highest BCUT2D eigenvalue weighted by molar-refractivity contribution is 6.02. The highest BCUT2D eigenvalue weighted by atomic mass is 16.1. The second-order valence-corrected chi connectivity index (χ2v) is 4.52. The van der Waals surface area contributed by atoms with Crippen molar-refractivity contribution in [3.63, 3.8) is 0 Å². The molecule has 0 spiro atoms. The number of carbonyl (C=O) groups excluding carboxylic acids is 2. The first kappa shape index (κ1) is 11.4. The van der Waals surface area contributed by atoms with Gasteiger partial charge in [-0.05, 0) is 12.1 Å². The first-order chi connectivity index (χ1) is 6.82. The van der Waals surface area contributed by atoms with Crippen LogP contribution in [0.3, 0.4) is 0 Å². The molecule has 2 N–H and O–H groups in total. The number of rotatable bonds is 2. The number of hydrogen-bond acceptors (Lipinski definition) is 2. The van der Waals surface area contributed by atoms with E-state index in [0.717, 1.165) is 0 Å². The zero-order chi connectivity index (χ0) is 11.6. The van der Waals surface area contributed by atoms with E-state index in [-0.39, 0.29) is 5.78 Å². The Hall–Kier alpha value is -1.64. The van der Waals surface area contributed by atoms with Crippen LogP contribution in [0.25, 0.3) is 0 Å². The third-order valence-electron chi connectivity index (χ3n) is 2.09. The Morgan fingerprint density at radius 3 is 2.13 bits per heavy atom. The fourth-order valence-electron chi connectivity index (χ4n) is 1.25. The molecule has 3 heteroatoms. The van der Waals surface area contributed by atoms with Crippen molar-refractivity contribution >= 4 is 11.7 Å². The van der Waals surface area contributed by atoms with Gasteiger partial charge in [0.05, 0.1) is 0 Å². The van der Waals surface area contributed by atoms with Crippen LogP contribution < -0.4 is 5.73 Å². The molecule has 0 aliphatic rings. The molecule has 0 heterocycles. The molecule has 0 bridgehead atoms. The predicted molar refractivity (Wildman–Crippen MR) is 58.7 cm³/mol. The van der Waals surface area contributed by atoms with Crippen molar-refractivity contribution in [3.05, 3.63) is 35.4 Å². The summed E-state index contributed by atoms with van der Waals surface area (Å²) in [6, 6.07) is 6.50. The van der Waals surface area contributed by atoms with E-state index in [4.69, 9.17) is 5.73 Å². The molecule has 0 saturated heterocycles. The minimum absolute atomic E-state index is 0.00519. The van der Waals surface area contributed by atoms with Crippen LogP contribution in [0.4, 0.5) is 0 Å². The Bertz CT molecular complexity index is 402. The normalized spacial score (nSPS) is 11.1. The van der Waals surface area contributed by atoms with Gasteiger partial charge in [-0.3, -0.25) is 9.59 Å². The van der Waals surface area contributed by atoms with Crippen molar-refractivity contribution in [1.29, 1.82) is 0 Å². The largest absolute Gasteiger partial charge is 0.366 e. The lowest BCUT2D eigenvalue weighted by Crippen LogP contribution is -2.21. The Labute approximate surface area is 89.3 Å². The first-order valence-corrected chi connectivity index (χ1v) is 4.77. The van der Waals surface area contributed by atoms with Crippen molar-refractivity contribution in [2.24, 2.45) is 11.1 Å². The average molecular weight is 205 g/mol. The van der Waals surface area contributed by atoms with Gasteiger partial charge in [-0.25, -0.2) is 0 Å². The topological polar surface area (TPSA) is 60.2 Å². The van der Waals surface area contributed by atoms with E-state index in [1.54, 1.807) is 18.2 Å². The van der Waals surface area contributed by atoms with E-state index in [0.29, 0.717) is 11.1 Å². The van der Waals surface area contributed by atoms with Gasteiger partial charge in [-0.15, -0.1) is 0 Å². The van der Waals surface area contributed by atoms with Gasteiger partial charge >= 0.3 is 0 Å². The molecule has 15 heavy (non-hydrogen) atoms. The second-order valence-electron chi connectivity index (χ2n) is 4.52. The van der Waals surface area contributed by atoms with Crippen LogP contribution in [0.1, 0.15) is 41.5 Å². The molecule has 0 unspecified atom stereocenters. The molecule has 0 fully saturated rings. The Balaban J connectivity index is 3.12. The predicted octanol–water partition coefficient (Wildman–Crippen LogP) is 2.01. The fraction of sp³-hybridized carbons (Fsp3) is 0.333. The Kier molecular flexibility index (Phi) is 2.93. The zero-order valence-corrected chi connectivity index (χ0v) is 9.20. The molecular formula is C12H15NO2. The number of hydrogen-bond donors (Lipinski definition) is 1. The van der Waals surface area contributed by atoms with Crippen LogP contribution in [0.2, 0.25) is 0 Å². The molecule has 1 aromatic rings. The summed E-state index contributed by atoms with van der Waals surface area (Å²) in [5.74, 6) is -0.510. The quantitative estimate of drug-likeness (QED) is 0.751. The van der Waals surface area contributed by atoms with Crippen LogP contribution in [-0.2, 0) is 0 Å². The van der Waals surface area contributed by atoms with Gasteiger partial charge in [-0.2, -0.15) is 0 Å². The van der Waals surface area contributed by atoms with E-state index in [9.17, 15) is 9.59 Å². The van der Waals surface area contributed by atoms with Crippen LogP contribution in [0, 0.1) is 5.41 Å². The number of primary amides is 1. The van der Waals surface area contributed by atoms with Crippen LogP contribution in [0.5, 0.6) is 0 Å². The van der Waals surface area contributed by atoms with Crippen molar-refractivity contribution in [2.75, 3.05) is 0 Å². The number of amides is 1. The Morgan fingerprint density at radius 1 is 1.13 bits per heavy atom. The lowest BCUT2D eigenvalue weighted by Gasteiger charge is -2.16. The van der Waals surface area contributed by atoms with E-state index in [2.05, 4.69) is 0 Å². The smallest absolute Gasteiger partial charge is 0.248 e. The third kappa shape index (κ3) is 2.65. The van der Waals surface area contributed by atoms with Gasteiger partial charge in [-0.1, -0.05) is 32.9 Å². The van der Waals surface area contributed by atoms with Gasteiger partial charge in [0.2, 0.25) is 5.91 Å². The van der Waals surface area contributed by atoms with E-state index < -0.39 is 11.3 Å². The molecule has 0 aliphatic carbocycles. The summed E-state index contributed by atoms with van der Waals surface area (Å²) in [6.45, 7) is 5.52. The third-order valence-corrected chi connectivity index (χ3v) is 2.09. The van der Waals surface area contributed by atoms with Crippen molar-refractivity contribution in [2.45, 2.75) is 20.8 Å². The highest BCUT2D eigenvalue weighted by Crippen LogP contribution is 2.21. The first-order valence-electron chi connectivity index (χ1n) is 4.77. The van der Waals surface area contributed by atoms with Gasteiger partial charge in [0.25, 0.3) is 0 Å². The summed E-state index contributed by atoms with van der Waals surface area (Å²) in [4.78, 5) is 22.8. The zero-order valence-electron chi connectivity index (χ0n) is 9.20. The lowest BCUT2D eigenvalue weighted by molar-refractivity contribution is 0.0858. The molecular weight excluding hydrogens is 190 g/mol. The summed E-state index contributed by atoms with van der Waals surface area (Å²) in [5, 5.41) is 0. The van der Waals surface area contributed by atoms with Crippen LogP contribution in [-0.4, -0.2) is 11.7 Å².